The summed E-state index contributed by atoms with van der Waals surface area (Å²) in [6.07, 6.45) is 6.44. The highest BCUT2D eigenvalue weighted by atomic mass is 16.4. The minimum Gasteiger partial charge on any atom is -0.408 e. The standard InChI is InChI=1S/C17H24N2O2/c1-17(9-5-4-6-10-17)15(18-2)12-7-8-13-14(11-12)21-16(20)19(13)3/h7-8,11,15,18H,4-6,9-10H2,1-3H3. The van der Waals surface area contributed by atoms with Gasteiger partial charge in [0, 0.05) is 13.1 Å². The van der Waals surface area contributed by atoms with E-state index in [1.165, 1.54) is 37.7 Å². The molecule has 1 heterocycles. The van der Waals surface area contributed by atoms with Crippen molar-refractivity contribution < 1.29 is 4.42 Å². The Balaban J connectivity index is 2.02. The first-order valence-corrected chi connectivity index (χ1v) is 7.82. The van der Waals surface area contributed by atoms with Crippen molar-refractivity contribution in [2.24, 2.45) is 12.5 Å². The smallest absolute Gasteiger partial charge is 0.408 e. The van der Waals surface area contributed by atoms with Gasteiger partial charge in [0.25, 0.3) is 0 Å². The summed E-state index contributed by atoms with van der Waals surface area (Å²) in [7, 11) is 3.77. The second-order valence-electron chi connectivity index (χ2n) is 6.59. The van der Waals surface area contributed by atoms with Crippen molar-refractivity contribution >= 4 is 11.1 Å². The van der Waals surface area contributed by atoms with Crippen molar-refractivity contribution in [1.29, 1.82) is 0 Å². The Labute approximate surface area is 125 Å². The van der Waals surface area contributed by atoms with Crippen LogP contribution in [-0.2, 0) is 7.05 Å². The zero-order valence-electron chi connectivity index (χ0n) is 13.1. The molecule has 1 saturated carbocycles. The summed E-state index contributed by atoms with van der Waals surface area (Å²) >= 11 is 0. The third-order valence-corrected chi connectivity index (χ3v) is 5.13. The Morgan fingerprint density at radius 2 is 2.00 bits per heavy atom. The first-order valence-electron chi connectivity index (χ1n) is 7.82. The molecule has 4 heteroatoms. The van der Waals surface area contributed by atoms with Crippen LogP contribution in [0.2, 0.25) is 0 Å². The molecule has 1 fully saturated rings. The second kappa shape index (κ2) is 5.34. The van der Waals surface area contributed by atoms with Gasteiger partial charge in [0.1, 0.15) is 0 Å². The molecule has 0 amide bonds. The van der Waals surface area contributed by atoms with Gasteiger partial charge < -0.3 is 9.73 Å². The summed E-state index contributed by atoms with van der Waals surface area (Å²) in [6, 6.07) is 6.44. The molecule has 0 spiro atoms. The number of hydrogen-bond donors (Lipinski definition) is 1. The van der Waals surface area contributed by atoms with Crippen molar-refractivity contribution in [3.8, 4) is 0 Å². The minimum atomic E-state index is -0.299. The number of nitrogens with one attached hydrogen (secondary N) is 1. The Bertz CT molecular complexity index is 692. The quantitative estimate of drug-likeness (QED) is 0.942. The number of fused-ring (bicyclic) bond motifs is 1. The molecule has 21 heavy (non-hydrogen) atoms. The summed E-state index contributed by atoms with van der Waals surface area (Å²) < 4.78 is 6.89. The van der Waals surface area contributed by atoms with E-state index in [9.17, 15) is 4.79 Å². The van der Waals surface area contributed by atoms with Crippen molar-refractivity contribution in [1.82, 2.24) is 9.88 Å². The molecule has 1 aliphatic carbocycles. The summed E-state index contributed by atoms with van der Waals surface area (Å²) in [5.41, 5.74) is 3.02. The number of oxazole rings is 1. The molecular formula is C17H24N2O2. The molecular weight excluding hydrogens is 264 g/mol. The molecule has 1 aliphatic rings. The van der Waals surface area contributed by atoms with Gasteiger partial charge >= 0.3 is 5.76 Å². The second-order valence-corrected chi connectivity index (χ2v) is 6.59. The van der Waals surface area contributed by atoms with Crippen LogP contribution in [0, 0.1) is 5.41 Å². The van der Waals surface area contributed by atoms with Crippen molar-refractivity contribution in [3.05, 3.63) is 34.3 Å². The van der Waals surface area contributed by atoms with Crippen LogP contribution in [0.3, 0.4) is 0 Å². The van der Waals surface area contributed by atoms with E-state index >= 15 is 0 Å². The molecule has 114 valence electrons. The zero-order chi connectivity index (χ0) is 15.0. The maximum Gasteiger partial charge on any atom is 0.419 e. The van der Waals surface area contributed by atoms with Crippen LogP contribution in [0.1, 0.15) is 50.6 Å². The fraction of sp³-hybridized carbons (Fsp3) is 0.588. The topological polar surface area (TPSA) is 47.2 Å². The Morgan fingerprint density at radius 3 is 2.67 bits per heavy atom. The van der Waals surface area contributed by atoms with E-state index in [0.717, 1.165) is 5.52 Å². The first kappa shape index (κ1) is 14.4. The maximum absolute atomic E-state index is 11.6. The molecule has 1 aromatic heterocycles. The van der Waals surface area contributed by atoms with Gasteiger partial charge in [-0.2, -0.15) is 0 Å². The predicted molar refractivity (Wildman–Crippen MR) is 84.4 cm³/mol. The monoisotopic (exact) mass is 288 g/mol. The van der Waals surface area contributed by atoms with E-state index in [2.05, 4.69) is 18.3 Å². The summed E-state index contributed by atoms with van der Waals surface area (Å²) in [5.74, 6) is -0.299. The Kier molecular flexibility index (Phi) is 3.66. The predicted octanol–water partition coefficient (Wildman–Crippen LogP) is 3.36. The molecule has 4 nitrogen and oxygen atoms in total. The van der Waals surface area contributed by atoms with Gasteiger partial charge in [-0.3, -0.25) is 4.57 Å². The average Bonchev–Trinajstić information content (AvgIpc) is 2.75. The van der Waals surface area contributed by atoms with Gasteiger partial charge in [0.05, 0.1) is 5.52 Å². The molecule has 0 aliphatic heterocycles. The Hall–Kier alpha value is -1.55. The summed E-state index contributed by atoms with van der Waals surface area (Å²) in [4.78, 5) is 11.6. The highest BCUT2D eigenvalue weighted by molar-refractivity contribution is 5.73. The first-order chi connectivity index (χ1) is 10.0. The van der Waals surface area contributed by atoms with Gasteiger partial charge in [-0.05, 0) is 43.0 Å². The van der Waals surface area contributed by atoms with E-state index in [-0.39, 0.29) is 11.2 Å². The lowest BCUT2D eigenvalue weighted by Gasteiger charge is -2.41. The average molecular weight is 288 g/mol. The SMILES string of the molecule is CNC(c1ccc2c(c1)oc(=O)n2C)C1(C)CCCCC1. The lowest BCUT2D eigenvalue weighted by Crippen LogP contribution is -2.36. The number of hydrogen-bond acceptors (Lipinski definition) is 3. The molecule has 0 radical (unpaired) electrons. The third kappa shape index (κ3) is 2.42. The van der Waals surface area contributed by atoms with Crippen molar-refractivity contribution in [2.75, 3.05) is 7.05 Å². The molecule has 0 bridgehead atoms. The molecule has 3 rings (SSSR count). The van der Waals surface area contributed by atoms with Crippen LogP contribution in [0.15, 0.2) is 27.4 Å². The zero-order valence-corrected chi connectivity index (χ0v) is 13.1. The number of aromatic nitrogens is 1. The van der Waals surface area contributed by atoms with Crippen LogP contribution in [-0.4, -0.2) is 11.6 Å². The molecule has 1 N–H and O–H groups in total. The maximum atomic E-state index is 11.6. The van der Waals surface area contributed by atoms with Crippen LogP contribution < -0.4 is 11.1 Å². The van der Waals surface area contributed by atoms with Crippen molar-refractivity contribution in [2.45, 2.75) is 45.1 Å². The van der Waals surface area contributed by atoms with Crippen LogP contribution in [0.4, 0.5) is 0 Å². The number of rotatable bonds is 3. The fourth-order valence-corrected chi connectivity index (χ4v) is 3.90. The minimum absolute atomic E-state index is 0.274. The van der Waals surface area contributed by atoms with Gasteiger partial charge in [-0.1, -0.05) is 32.3 Å². The molecule has 1 atom stereocenters. The number of benzene rings is 1. The highest BCUT2D eigenvalue weighted by Gasteiger charge is 2.35. The molecule has 2 aromatic rings. The lowest BCUT2D eigenvalue weighted by molar-refractivity contribution is 0.150. The van der Waals surface area contributed by atoms with Gasteiger partial charge in [0.2, 0.25) is 0 Å². The number of nitrogens with zero attached hydrogens (tertiary/aromatic N) is 1. The lowest BCUT2D eigenvalue weighted by atomic mass is 9.68. The number of aryl methyl sites for hydroxylation is 1. The summed E-state index contributed by atoms with van der Waals surface area (Å²) in [6.45, 7) is 2.37. The summed E-state index contributed by atoms with van der Waals surface area (Å²) in [5, 5.41) is 3.49. The fourth-order valence-electron chi connectivity index (χ4n) is 3.90. The largest absolute Gasteiger partial charge is 0.419 e. The molecule has 0 saturated heterocycles. The molecule has 1 unspecified atom stereocenters. The third-order valence-electron chi connectivity index (χ3n) is 5.13. The molecule has 1 aromatic carbocycles. The van der Waals surface area contributed by atoms with Crippen LogP contribution in [0.25, 0.3) is 11.1 Å². The van der Waals surface area contributed by atoms with Crippen LogP contribution >= 0.6 is 0 Å². The highest BCUT2D eigenvalue weighted by Crippen LogP contribution is 2.45. The van der Waals surface area contributed by atoms with Crippen molar-refractivity contribution in [3.63, 3.8) is 0 Å². The normalized spacial score (nSPS) is 19.8. The van der Waals surface area contributed by atoms with E-state index in [1.54, 1.807) is 11.6 Å². The van der Waals surface area contributed by atoms with Gasteiger partial charge in [0.15, 0.2) is 5.58 Å². The van der Waals surface area contributed by atoms with E-state index < -0.39 is 0 Å². The van der Waals surface area contributed by atoms with Gasteiger partial charge in [-0.25, -0.2) is 4.79 Å². The van der Waals surface area contributed by atoms with E-state index in [1.807, 2.05) is 19.2 Å². The van der Waals surface area contributed by atoms with E-state index in [0.29, 0.717) is 11.6 Å². The van der Waals surface area contributed by atoms with Crippen LogP contribution in [0.5, 0.6) is 0 Å². The van der Waals surface area contributed by atoms with E-state index in [4.69, 9.17) is 4.42 Å². The van der Waals surface area contributed by atoms with Gasteiger partial charge in [-0.15, -0.1) is 0 Å². The Morgan fingerprint density at radius 1 is 1.29 bits per heavy atom.